The molecule has 0 fully saturated rings. The molecule has 1 atom stereocenters. The van der Waals surface area contributed by atoms with Crippen LogP contribution in [0, 0.1) is 11.3 Å². The summed E-state index contributed by atoms with van der Waals surface area (Å²) in [6, 6.07) is 4.51. The van der Waals surface area contributed by atoms with Gasteiger partial charge in [0.15, 0.2) is 0 Å². The van der Waals surface area contributed by atoms with E-state index in [-0.39, 0.29) is 11.5 Å². The zero-order chi connectivity index (χ0) is 22.6. The first-order valence-electron chi connectivity index (χ1n) is 10.6. The maximum absolute atomic E-state index is 13.5. The Morgan fingerprint density at radius 2 is 1.93 bits per heavy atom. The van der Waals surface area contributed by atoms with Crippen molar-refractivity contribution in [3.05, 3.63) is 34.2 Å². The number of carbonyl (C=O) groups is 1. The molecule has 2 rings (SSSR count). The van der Waals surface area contributed by atoms with E-state index < -0.39 is 17.6 Å². The number of fused-ring (bicyclic) bond motifs is 1. The maximum Gasteiger partial charge on any atom is 0.405 e. The molecule has 0 aliphatic carbocycles. The normalized spacial score (nSPS) is 12.9. The minimum absolute atomic E-state index is 0.169. The summed E-state index contributed by atoms with van der Waals surface area (Å²) in [5.74, 6) is 0.710. The molecule has 7 nitrogen and oxygen atoms in total. The van der Waals surface area contributed by atoms with Crippen molar-refractivity contribution in [3.8, 4) is 5.75 Å². The standard InChI is InChI=1S/C23H35N3O4/c1-7-8-11-30-19-17-12-15(24)9-10-16(17)21(27)26(13-14(2)3)18(19)20(23(4,5)6)25-22(28)29/h9-10,12,14,20,25H,7-8,11,13,24H2,1-6H3,(H,28,29). The summed E-state index contributed by atoms with van der Waals surface area (Å²) in [5, 5.41) is 13.3. The second-order valence-electron chi connectivity index (χ2n) is 9.28. The van der Waals surface area contributed by atoms with Gasteiger partial charge in [-0.05, 0) is 36.0 Å². The van der Waals surface area contributed by atoms with E-state index in [0.29, 0.717) is 41.1 Å². The molecule has 0 saturated heterocycles. The molecule has 0 radical (unpaired) electrons. The van der Waals surface area contributed by atoms with Crippen LogP contribution >= 0.6 is 0 Å². The van der Waals surface area contributed by atoms with E-state index in [1.807, 2.05) is 34.6 Å². The SMILES string of the molecule is CCCCOc1c(C(NC(=O)O)C(C)(C)C)n(CC(C)C)c(=O)c2ccc(N)cc12. The van der Waals surface area contributed by atoms with Gasteiger partial charge in [0.05, 0.1) is 23.7 Å². The molecule has 0 saturated carbocycles. The van der Waals surface area contributed by atoms with Crippen LogP contribution in [0.4, 0.5) is 10.5 Å². The van der Waals surface area contributed by atoms with Gasteiger partial charge in [0.25, 0.3) is 5.56 Å². The Bertz CT molecular complexity index is 958. The highest BCUT2D eigenvalue weighted by atomic mass is 16.5. The lowest BCUT2D eigenvalue weighted by Gasteiger charge is -2.34. The number of rotatable bonds is 8. The topological polar surface area (TPSA) is 107 Å². The molecule has 0 aliphatic rings. The van der Waals surface area contributed by atoms with Crippen LogP contribution in [0.25, 0.3) is 10.8 Å². The number of carboxylic acid groups (broad SMARTS) is 1. The van der Waals surface area contributed by atoms with Crippen LogP contribution in [0.2, 0.25) is 0 Å². The van der Waals surface area contributed by atoms with Crippen molar-refractivity contribution in [3.63, 3.8) is 0 Å². The van der Waals surface area contributed by atoms with Crippen molar-refractivity contribution in [2.24, 2.45) is 11.3 Å². The second kappa shape index (κ2) is 9.41. The third kappa shape index (κ3) is 5.26. The van der Waals surface area contributed by atoms with Crippen LogP contribution < -0.4 is 21.3 Å². The van der Waals surface area contributed by atoms with Crippen LogP contribution in [0.1, 0.15) is 66.1 Å². The molecule has 0 aliphatic heterocycles. The summed E-state index contributed by atoms with van der Waals surface area (Å²) in [7, 11) is 0. The van der Waals surface area contributed by atoms with Crippen molar-refractivity contribution in [2.75, 3.05) is 12.3 Å². The number of nitrogens with zero attached hydrogens (tertiary/aromatic N) is 1. The second-order valence-corrected chi connectivity index (χ2v) is 9.28. The maximum atomic E-state index is 13.5. The molecule has 30 heavy (non-hydrogen) atoms. The van der Waals surface area contributed by atoms with E-state index in [0.717, 1.165) is 12.8 Å². The summed E-state index contributed by atoms with van der Waals surface area (Å²) in [5.41, 5.74) is 6.44. The first-order valence-corrected chi connectivity index (χ1v) is 10.6. The highest BCUT2D eigenvalue weighted by Gasteiger charge is 2.35. The van der Waals surface area contributed by atoms with Gasteiger partial charge in [-0.2, -0.15) is 0 Å². The summed E-state index contributed by atoms with van der Waals surface area (Å²) in [6.07, 6.45) is 0.654. The lowest BCUT2D eigenvalue weighted by atomic mass is 9.83. The quantitative estimate of drug-likeness (QED) is 0.423. The van der Waals surface area contributed by atoms with Crippen LogP contribution in [0.5, 0.6) is 5.75 Å². The highest BCUT2D eigenvalue weighted by Crippen LogP contribution is 2.41. The fraction of sp³-hybridized carbons (Fsp3) is 0.565. The predicted octanol–water partition coefficient (Wildman–Crippen LogP) is 4.77. The number of unbranched alkanes of at least 4 members (excludes halogenated alkanes) is 1. The van der Waals surface area contributed by atoms with E-state index >= 15 is 0 Å². The van der Waals surface area contributed by atoms with Gasteiger partial charge in [-0.15, -0.1) is 0 Å². The number of nitrogens with one attached hydrogen (secondary N) is 1. The van der Waals surface area contributed by atoms with Gasteiger partial charge >= 0.3 is 6.09 Å². The molecule has 1 unspecified atom stereocenters. The van der Waals surface area contributed by atoms with Gasteiger partial charge in [0, 0.05) is 17.6 Å². The van der Waals surface area contributed by atoms with Gasteiger partial charge in [-0.3, -0.25) is 4.79 Å². The average molecular weight is 418 g/mol. The number of hydrogen-bond donors (Lipinski definition) is 3. The first kappa shape index (κ1) is 23.6. The molecule has 0 spiro atoms. The van der Waals surface area contributed by atoms with Crippen molar-refractivity contribution in [1.82, 2.24) is 9.88 Å². The Balaban J connectivity index is 2.96. The monoisotopic (exact) mass is 417 g/mol. The van der Waals surface area contributed by atoms with Crippen LogP contribution in [0.3, 0.4) is 0 Å². The summed E-state index contributed by atoms with van der Waals surface area (Å²) >= 11 is 0. The molecular formula is C23H35N3O4. The van der Waals surface area contributed by atoms with Crippen molar-refractivity contribution < 1.29 is 14.6 Å². The zero-order valence-electron chi connectivity index (χ0n) is 18.9. The summed E-state index contributed by atoms with van der Waals surface area (Å²) < 4.78 is 7.91. The minimum Gasteiger partial charge on any atom is -0.491 e. The van der Waals surface area contributed by atoms with Gasteiger partial charge in [0.1, 0.15) is 5.75 Å². The molecule has 1 aromatic carbocycles. The van der Waals surface area contributed by atoms with E-state index in [1.165, 1.54) is 0 Å². The number of nitrogens with two attached hydrogens (primary N) is 1. The lowest BCUT2D eigenvalue weighted by molar-refractivity contribution is 0.170. The molecule has 1 heterocycles. The fourth-order valence-electron chi connectivity index (χ4n) is 3.57. The number of anilines is 1. The third-order valence-electron chi connectivity index (χ3n) is 4.99. The fourth-order valence-corrected chi connectivity index (χ4v) is 3.57. The molecule has 4 N–H and O–H groups in total. The Hall–Kier alpha value is -2.70. The molecule has 1 aromatic heterocycles. The number of aromatic nitrogens is 1. The predicted molar refractivity (Wildman–Crippen MR) is 121 cm³/mol. The highest BCUT2D eigenvalue weighted by molar-refractivity contribution is 5.91. The lowest BCUT2D eigenvalue weighted by Crippen LogP contribution is -2.40. The van der Waals surface area contributed by atoms with Gasteiger partial charge in [0.2, 0.25) is 0 Å². The summed E-state index contributed by atoms with van der Waals surface area (Å²) in [4.78, 5) is 25.2. The van der Waals surface area contributed by atoms with Crippen molar-refractivity contribution >= 4 is 22.6 Å². The Morgan fingerprint density at radius 1 is 1.27 bits per heavy atom. The average Bonchev–Trinajstić information content (AvgIpc) is 2.62. The minimum atomic E-state index is -1.15. The van der Waals surface area contributed by atoms with E-state index in [1.54, 1.807) is 22.8 Å². The number of hydrogen-bond acceptors (Lipinski definition) is 4. The van der Waals surface area contributed by atoms with Gasteiger partial charge < -0.3 is 25.5 Å². The Kier molecular flexibility index (Phi) is 7.39. The smallest absolute Gasteiger partial charge is 0.405 e. The number of amides is 1. The Labute approximate surface area is 178 Å². The van der Waals surface area contributed by atoms with Crippen molar-refractivity contribution in [1.29, 1.82) is 0 Å². The van der Waals surface area contributed by atoms with E-state index in [2.05, 4.69) is 12.2 Å². The largest absolute Gasteiger partial charge is 0.491 e. The Morgan fingerprint density at radius 3 is 2.47 bits per heavy atom. The summed E-state index contributed by atoms with van der Waals surface area (Å²) in [6.45, 7) is 12.9. The van der Waals surface area contributed by atoms with Gasteiger partial charge in [-0.25, -0.2) is 4.79 Å². The van der Waals surface area contributed by atoms with Crippen LogP contribution in [-0.2, 0) is 6.54 Å². The van der Waals surface area contributed by atoms with Crippen molar-refractivity contribution in [2.45, 2.75) is 67.0 Å². The molecule has 1 amide bonds. The van der Waals surface area contributed by atoms with E-state index in [9.17, 15) is 14.7 Å². The zero-order valence-corrected chi connectivity index (χ0v) is 18.9. The number of nitrogen functional groups attached to an aromatic ring is 1. The van der Waals surface area contributed by atoms with Crippen LogP contribution in [0.15, 0.2) is 23.0 Å². The number of pyridine rings is 1. The molecule has 166 valence electrons. The molecule has 7 heteroatoms. The molecular weight excluding hydrogens is 382 g/mol. The van der Waals surface area contributed by atoms with Gasteiger partial charge in [-0.1, -0.05) is 48.0 Å². The number of ether oxygens (including phenoxy) is 1. The third-order valence-corrected chi connectivity index (χ3v) is 4.99. The molecule has 0 bridgehead atoms. The first-order chi connectivity index (χ1) is 14.0. The number of benzene rings is 1. The van der Waals surface area contributed by atoms with E-state index in [4.69, 9.17) is 10.5 Å². The van der Waals surface area contributed by atoms with Crippen LogP contribution in [-0.4, -0.2) is 22.4 Å². The molecule has 2 aromatic rings.